The molecule has 0 radical (unpaired) electrons. The van der Waals surface area contributed by atoms with E-state index in [4.69, 9.17) is 14.5 Å². The monoisotopic (exact) mass is 580 g/mol. The number of ether oxygens (including phenoxy) is 1. The Bertz CT molecular complexity index is 1180. The van der Waals surface area contributed by atoms with E-state index in [2.05, 4.69) is 13.4 Å². The van der Waals surface area contributed by atoms with Crippen molar-refractivity contribution in [3.63, 3.8) is 0 Å². The van der Waals surface area contributed by atoms with Crippen molar-refractivity contribution in [1.82, 2.24) is 9.55 Å². The number of nitrogens with one attached hydrogen (secondary N) is 1. The molecule has 2 heterocycles. The summed E-state index contributed by atoms with van der Waals surface area (Å²) in [5, 5.41) is 58.4. The predicted molar refractivity (Wildman–Crippen MR) is 111 cm³/mol. The largest absolute Gasteiger partial charge is 0.484 e. The summed E-state index contributed by atoms with van der Waals surface area (Å²) < 4.78 is 42.9. The van der Waals surface area contributed by atoms with Crippen molar-refractivity contribution in [2.75, 3.05) is 6.61 Å². The minimum absolute atomic E-state index is 0.302. The lowest BCUT2D eigenvalue weighted by atomic mass is 10.0. The van der Waals surface area contributed by atoms with Gasteiger partial charge in [0.1, 0.15) is 36.6 Å². The van der Waals surface area contributed by atoms with E-state index in [9.17, 15) is 58.9 Å². The standard InChI is InChI=1S/C15H22N2O18P2/c18-3-5(19)8(21)10(23)12(14(25)26)34-37(31,35-36(28,29)30)32-4-6-9(22)11(24)13(33-6)17-2-1-7(20)16-15(17)27/h1-3,5-6,8-13,19,21-24H,4H2,(H,25,26)(H,16,20,27)(H2,28,29,30). The number of aromatic nitrogens is 2. The summed E-state index contributed by atoms with van der Waals surface area (Å²) in [5.41, 5.74) is -1.87. The molecule has 2 rings (SSSR count). The molecule has 0 amide bonds. The lowest BCUT2D eigenvalue weighted by Gasteiger charge is -2.28. The second-order valence-electron chi connectivity index (χ2n) is 7.35. The molecule has 1 aliphatic heterocycles. The molecule has 20 nitrogen and oxygen atoms in total. The van der Waals surface area contributed by atoms with Crippen LogP contribution in [0.25, 0.3) is 0 Å². The van der Waals surface area contributed by atoms with Crippen LogP contribution in [0.1, 0.15) is 6.23 Å². The third kappa shape index (κ3) is 7.91. The van der Waals surface area contributed by atoms with Gasteiger partial charge in [-0.1, -0.05) is 0 Å². The molecular formula is C15H22N2O18P2. The number of aromatic amines is 1. The second kappa shape index (κ2) is 12.1. The number of aliphatic hydroxyl groups excluding tert-OH is 5. The maximum absolute atomic E-state index is 12.9. The van der Waals surface area contributed by atoms with Crippen LogP contribution in [0.15, 0.2) is 21.9 Å². The highest BCUT2D eigenvalue weighted by Gasteiger charge is 2.49. The summed E-state index contributed by atoms with van der Waals surface area (Å²) in [6.07, 6.45) is -17.1. The van der Waals surface area contributed by atoms with E-state index in [1.165, 1.54) is 0 Å². The van der Waals surface area contributed by atoms with Gasteiger partial charge >= 0.3 is 27.3 Å². The first kappa shape index (κ1) is 31.1. The number of hydrogen-bond donors (Lipinski definition) is 9. The number of phosphoric ester groups is 1. The maximum Gasteiger partial charge on any atom is 0.484 e. The molecule has 210 valence electrons. The summed E-state index contributed by atoms with van der Waals surface area (Å²) in [6, 6.07) is 0.872. The molecular weight excluding hydrogens is 558 g/mol. The van der Waals surface area contributed by atoms with Crippen LogP contribution in [0, 0.1) is 0 Å². The first-order valence-electron chi connectivity index (χ1n) is 9.75. The van der Waals surface area contributed by atoms with Crippen LogP contribution in [0.3, 0.4) is 0 Å². The average molecular weight is 580 g/mol. The van der Waals surface area contributed by atoms with Gasteiger partial charge in [0.2, 0.25) is 0 Å². The number of carbonyl (C=O) groups is 2. The van der Waals surface area contributed by atoms with Gasteiger partial charge in [-0.2, -0.15) is 4.31 Å². The van der Waals surface area contributed by atoms with Gasteiger partial charge in [-0.05, 0) is 0 Å². The van der Waals surface area contributed by atoms with Crippen molar-refractivity contribution in [1.29, 1.82) is 0 Å². The van der Waals surface area contributed by atoms with Gasteiger partial charge in [0.05, 0.1) is 6.61 Å². The van der Waals surface area contributed by atoms with Crippen LogP contribution in [-0.4, -0.2) is 112 Å². The highest BCUT2D eigenvalue weighted by atomic mass is 31.3. The van der Waals surface area contributed by atoms with Crippen molar-refractivity contribution < 1.29 is 77.2 Å². The Kier molecular flexibility index (Phi) is 10.2. The minimum Gasteiger partial charge on any atom is -0.479 e. The Labute approximate surface area is 204 Å². The van der Waals surface area contributed by atoms with Gasteiger partial charge in [0.25, 0.3) is 5.56 Å². The molecule has 1 fully saturated rings. The fourth-order valence-electron chi connectivity index (χ4n) is 2.95. The summed E-state index contributed by atoms with van der Waals surface area (Å²) in [7, 11) is -11.6. The van der Waals surface area contributed by atoms with E-state index in [1.807, 2.05) is 4.98 Å². The molecule has 0 aromatic carbocycles. The van der Waals surface area contributed by atoms with Crippen LogP contribution < -0.4 is 11.2 Å². The molecule has 0 bridgehead atoms. The summed E-state index contributed by atoms with van der Waals surface area (Å²) in [5.74, 6) is -2.23. The molecule has 9 unspecified atom stereocenters. The van der Waals surface area contributed by atoms with Crippen molar-refractivity contribution in [2.24, 2.45) is 0 Å². The zero-order chi connectivity index (χ0) is 28.3. The summed E-state index contributed by atoms with van der Waals surface area (Å²) >= 11 is 0. The zero-order valence-electron chi connectivity index (χ0n) is 18.1. The molecule has 37 heavy (non-hydrogen) atoms. The second-order valence-corrected chi connectivity index (χ2v) is 10.3. The normalized spacial score (nSPS) is 27.1. The fourth-order valence-corrected chi connectivity index (χ4v) is 5.21. The van der Waals surface area contributed by atoms with E-state index in [1.54, 1.807) is 0 Å². The number of rotatable bonds is 13. The van der Waals surface area contributed by atoms with E-state index in [0.29, 0.717) is 4.57 Å². The lowest BCUT2D eigenvalue weighted by molar-refractivity contribution is -0.162. The number of carbonyl (C=O) groups excluding carboxylic acids is 1. The molecule has 0 aliphatic carbocycles. The van der Waals surface area contributed by atoms with Crippen molar-refractivity contribution in [3.05, 3.63) is 33.1 Å². The molecule has 1 saturated heterocycles. The van der Waals surface area contributed by atoms with Gasteiger partial charge in [0.15, 0.2) is 18.6 Å². The van der Waals surface area contributed by atoms with E-state index in [-0.39, 0.29) is 6.29 Å². The lowest BCUT2D eigenvalue weighted by Crippen LogP contribution is -2.49. The number of carboxylic acid groups (broad SMARTS) is 1. The van der Waals surface area contributed by atoms with Crippen LogP contribution >= 0.6 is 15.6 Å². The summed E-state index contributed by atoms with van der Waals surface area (Å²) in [6.45, 7) is -1.22. The van der Waals surface area contributed by atoms with E-state index >= 15 is 0 Å². The number of aliphatic carboxylic acids is 1. The van der Waals surface area contributed by atoms with Gasteiger partial charge in [0, 0.05) is 12.3 Å². The molecule has 0 saturated carbocycles. The Morgan fingerprint density at radius 1 is 1.16 bits per heavy atom. The van der Waals surface area contributed by atoms with E-state index < -0.39 is 88.4 Å². The Balaban J connectivity index is 2.27. The molecule has 0 spiro atoms. The number of nitrogens with zero attached hydrogens (tertiary/aromatic N) is 1. The third-order valence-corrected chi connectivity index (χ3v) is 7.30. The van der Waals surface area contributed by atoms with Crippen molar-refractivity contribution in [3.8, 4) is 0 Å². The van der Waals surface area contributed by atoms with Crippen LogP contribution in [0.5, 0.6) is 0 Å². The predicted octanol–water partition coefficient (Wildman–Crippen LogP) is -4.86. The number of hydrogen-bond acceptors (Lipinski definition) is 15. The Morgan fingerprint density at radius 2 is 1.78 bits per heavy atom. The molecule has 1 aromatic heterocycles. The highest BCUT2D eigenvalue weighted by molar-refractivity contribution is 7.61. The molecule has 1 aliphatic rings. The number of H-pyrrole nitrogens is 1. The molecule has 22 heteroatoms. The van der Waals surface area contributed by atoms with Gasteiger partial charge in [-0.25, -0.2) is 18.7 Å². The summed E-state index contributed by atoms with van der Waals surface area (Å²) in [4.78, 5) is 65.1. The zero-order valence-corrected chi connectivity index (χ0v) is 19.8. The Hall–Kier alpha value is -2.16. The van der Waals surface area contributed by atoms with Gasteiger partial charge in [-0.3, -0.25) is 23.4 Å². The molecule has 9 N–H and O–H groups in total. The first-order valence-corrected chi connectivity index (χ1v) is 12.7. The Morgan fingerprint density at radius 3 is 2.30 bits per heavy atom. The SMILES string of the molecule is O=CC(O)C(O)C(O)C(OP(=O)(OCC1OC(n2ccc(=O)[nH]c2=O)C(O)C1O)OP(=O)(O)O)C(=O)O. The first-order chi connectivity index (χ1) is 17.0. The number of aldehydes is 1. The van der Waals surface area contributed by atoms with Crippen LogP contribution in [0.2, 0.25) is 0 Å². The number of carboxylic acids is 1. The molecule has 9 atom stereocenters. The number of aliphatic hydroxyl groups is 5. The topological polar surface area (TPSA) is 322 Å². The van der Waals surface area contributed by atoms with E-state index in [0.717, 1.165) is 12.3 Å². The quantitative estimate of drug-likeness (QED) is 0.0780. The average Bonchev–Trinajstić information content (AvgIpc) is 3.07. The highest BCUT2D eigenvalue weighted by Crippen LogP contribution is 2.62. The maximum atomic E-state index is 12.9. The van der Waals surface area contributed by atoms with Crippen LogP contribution in [-0.2, 0) is 36.8 Å². The van der Waals surface area contributed by atoms with Crippen molar-refractivity contribution in [2.45, 2.75) is 49.0 Å². The van der Waals surface area contributed by atoms with Gasteiger partial charge in [-0.15, -0.1) is 0 Å². The molecule has 1 aromatic rings. The van der Waals surface area contributed by atoms with Gasteiger partial charge < -0.3 is 50.0 Å². The van der Waals surface area contributed by atoms with Crippen molar-refractivity contribution >= 4 is 27.9 Å². The smallest absolute Gasteiger partial charge is 0.479 e. The number of phosphoric acid groups is 2. The fraction of sp³-hybridized carbons (Fsp3) is 0.600. The minimum atomic E-state index is -5.80. The third-order valence-electron chi connectivity index (χ3n) is 4.70. The van der Waals surface area contributed by atoms with Crippen LogP contribution in [0.4, 0.5) is 0 Å².